The van der Waals surface area contributed by atoms with Crippen LogP contribution in [0.25, 0.3) is 0 Å². The fraction of sp³-hybridized carbons (Fsp3) is 0.235. The van der Waals surface area contributed by atoms with Gasteiger partial charge in [-0.25, -0.2) is 4.79 Å². The Morgan fingerprint density at radius 1 is 0.913 bits per heavy atom. The molecule has 2 aromatic rings. The summed E-state index contributed by atoms with van der Waals surface area (Å²) in [4.78, 5) is 13.1. The molecule has 0 aliphatic heterocycles. The summed E-state index contributed by atoms with van der Waals surface area (Å²) in [6.45, 7) is 0. The van der Waals surface area contributed by atoms with E-state index in [-0.39, 0.29) is 6.03 Å². The van der Waals surface area contributed by atoms with E-state index in [1.54, 1.807) is 70.8 Å². The predicted octanol–water partition coefficient (Wildman–Crippen LogP) is 3.59. The van der Waals surface area contributed by atoms with Crippen molar-refractivity contribution in [1.82, 2.24) is 4.90 Å². The number of hydrogen-bond acceptors (Lipinski definition) is 4. The van der Waals surface area contributed by atoms with Crippen LogP contribution in [-0.2, 0) is 0 Å². The Bertz CT molecular complexity index is 669. The highest BCUT2D eigenvalue weighted by Gasteiger charge is 2.08. The van der Waals surface area contributed by atoms with E-state index in [1.807, 2.05) is 0 Å². The third kappa shape index (κ3) is 4.29. The lowest BCUT2D eigenvalue weighted by atomic mass is 10.2. The first-order valence-electron chi connectivity index (χ1n) is 7.01. The molecular weight excluding hydrogens is 296 g/mol. The summed E-state index contributed by atoms with van der Waals surface area (Å²) in [6.07, 6.45) is 0. The van der Waals surface area contributed by atoms with Crippen molar-refractivity contribution in [2.75, 3.05) is 33.6 Å². The van der Waals surface area contributed by atoms with Gasteiger partial charge in [-0.3, -0.25) is 0 Å². The zero-order valence-corrected chi connectivity index (χ0v) is 13.6. The molecule has 0 saturated heterocycles. The van der Waals surface area contributed by atoms with E-state index in [9.17, 15) is 4.79 Å². The maximum absolute atomic E-state index is 11.6. The molecular formula is C17H20N2O4. The van der Waals surface area contributed by atoms with Crippen molar-refractivity contribution >= 4 is 11.7 Å². The quantitative estimate of drug-likeness (QED) is 0.916. The SMILES string of the molecule is COc1ccc(Oc2ccc(NC(=O)N(C)C)cc2)c(OC)c1. The first kappa shape index (κ1) is 16.5. The van der Waals surface area contributed by atoms with Gasteiger partial charge in [0.1, 0.15) is 11.5 Å². The monoisotopic (exact) mass is 316 g/mol. The summed E-state index contributed by atoms with van der Waals surface area (Å²) in [5.41, 5.74) is 0.692. The Labute approximate surface area is 135 Å². The molecule has 0 spiro atoms. The average Bonchev–Trinajstić information content (AvgIpc) is 2.56. The summed E-state index contributed by atoms with van der Waals surface area (Å²) in [5, 5.41) is 2.76. The largest absolute Gasteiger partial charge is 0.497 e. The van der Waals surface area contributed by atoms with Gasteiger partial charge in [-0.15, -0.1) is 0 Å². The molecule has 0 saturated carbocycles. The first-order valence-corrected chi connectivity index (χ1v) is 7.01. The fourth-order valence-corrected chi connectivity index (χ4v) is 1.83. The summed E-state index contributed by atoms with van der Waals surface area (Å²) in [5.74, 6) is 2.49. The lowest BCUT2D eigenvalue weighted by Crippen LogP contribution is -2.27. The van der Waals surface area contributed by atoms with Crippen LogP contribution < -0.4 is 19.5 Å². The minimum absolute atomic E-state index is 0.185. The number of ether oxygens (including phenoxy) is 3. The van der Waals surface area contributed by atoms with E-state index in [0.717, 1.165) is 0 Å². The van der Waals surface area contributed by atoms with Crippen molar-refractivity contribution in [1.29, 1.82) is 0 Å². The van der Waals surface area contributed by atoms with Crippen LogP contribution in [-0.4, -0.2) is 39.2 Å². The molecule has 0 bridgehead atoms. The average molecular weight is 316 g/mol. The molecule has 0 heterocycles. The number of methoxy groups -OCH3 is 2. The lowest BCUT2D eigenvalue weighted by Gasteiger charge is -2.13. The van der Waals surface area contributed by atoms with Gasteiger partial charge in [0.2, 0.25) is 0 Å². The molecule has 2 amide bonds. The number of hydrogen-bond donors (Lipinski definition) is 1. The summed E-state index contributed by atoms with van der Waals surface area (Å²) < 4.78 is 16.3. The fourth-order valence-electron chi connectivity index (χ4n) is 1.83. The Morgan fingerprint density at radius 3 is 2.13 bits per heavy atom. The van der Waals surface area contributed by atoms with Gasteiger partial charge in [0.25, 0.3) is 0 Å². The van der Waals surface area contributed by atoms with Gasteiger partial charge < -0.3 is 24.4 Å². The second-order valence-electron chi connectivity index (χ2n) is 4.97. The van der Waals surface area contributed by atoms with Crippen molar-refractivity contribution < 1.29 is 19.0 Å². The lowest BCUT2D eigenvalue weighted by molar-refractivity contribution is 0.230. The molecule has 6 heteroatoms. The Hall–Kier alpha value is -2.89. The third-order valence-electron chi connectivity index (χ3n) is 3.11. The maximum atomic E-state index is 11.6. The number of benzene rings is 2. The molecule has 6 nitrogen and oxygen atoms in total. The van der Waals surface area contributed by atoms with Crippen LogP contribution in [0.1, 0.15) is 0 Å². The number of carbonyl (C=O) groups is 1. The molecule has 0 radical (unpaired) electrons. The number of urea groups is 1. The molecule has 2 aromatic carbocycles. The number of nitrogens with one attached hydrogen (secondary N) is 1. The molecule has 0 aliphatic carbocycles. The minimum atomic E-state index is -0.185. The van der Waals surface area contributed by atoms with E-state index in [4.69, 9.17) is 14.2 Å². The number of nitrogens with zero attached hydrogens (tertiary/aromatic N) is 1. The first-order chi connectivity index (χ1) is 11.0. The van der Waals surface area contributed by atoms with Crippen molar-refractivity contribution in [2.45, 2.75) is 0 Å². The van der Waals surface area contributed by atoms with Gasteiger partial charge >= 0.3 is 6.03 Å². The predicted molar refractivity (Wildman–Crippen MR) is 88.8 cm³/mol. The van der Waals surface area contributed by atoms with E-state index in [0.29, 0.717) is 28.7 Å². The molecule has 23 heavy (non-hydrogen) atoms. The highest BCUT2D eigenvalue weighted by atomic mass is 16.5. The van der Waals surface area contributed by atoms with Crippen LogP contribution >= 0.6 is 0 Å². The van der Waals surface area contributed by atoms with Crippen LogP contribution in [0.2, 0.25) is 0 Å². The Kier molecular flexibility index (Phi) is 5.30. The molecule has 0 fully saturated rings. The highest BCUT2D eigenvalue weighted by Crippen LogP contribution is 2.34. The smallest absolute Gasteiger partial charge is 0.321 e. The van der Waals surface area contributed by atoms with E-state index in [2.05, 4.69) is 5.32 Å². The Morgan fingerprint density at radius 2 is 1.57 bits per heavy atom. The van der Waals surface area contributed by atoms with E-state index >= 15 is 0 Å². The standard InChI is InChI=1S/C17H20N2O4/c1-19(2)17(20)18-12-5-7-13(8-6-12)23-15-10-9-14(21-3)11-16(15)22-4/h5-11H,1-4H3,(H,18,20). The number of carbonyl (C=O) groups excluding carboxylic acids is 1. The highest BCUT2D eigenvalue weighted by molar-refractivity contribution is 5.88. The second-order valence-corrected chi connectivity index (χ2v) is 4.97. The summed E-state index contributed by atoms with van der Waals surface area (Å²) in [7, 11) is 6.53. The van der Waals surface area contributed by atoms with Crippen LogP contribution in [0, 0.1) is 0 Å². The topological polar surface area (TPSA) is 60.0 Å². The normalized spacial score (nSPS) is 9.91. The molecule has 1 N–H and O–H groups in total. The number of anilines is 1. The molecule has 0 atom stereocenters. The van der Waals surface area contributed by atoms with E-state index < -0.39 is 0 Å². The van der Waals surface area contributed by atoms with E-state index in [1.165, 1.54) is 4.90 Å². The molecule has 122 valence electrons. The molecule has 0 aromatic heterocycles. The van der Waals surface area contributed by atoms with Crippen LogP contribution in [0.15, 0.2) is 42.5 Å². The van der Waals surface area contributed by atoms with Gasteiger partial charge in [0, 0.05) is 25.8 Å². The van der Waals surface area contributed by atoms with Crippen molar-refractivity contribution in [3.63, 3.8) is 0 Å². The van der Waals surface area contributed by atoms with Gasteiger partial charge in [-0.2, -0.15) is 0 Å². The van der Waals surface area contributed by atoms with Crippen LogP contribution in [0.3, 0.4) is 0 Å². The van der Waals surface area contributed by atoms with Gasteiger partial charge in [0.15, 0.2) is 11.5 Å². The zero-order chi connectivity index (χ0) is 16.8. The minimum Gasteiger partial charge on any atom is -0.497 e. The van der Waals surface area contributed by atoms with Gasteiger partial charge in [-0.05, 0) is 36.4 Å². The zero-order valence-electron chi connectivity index (χ0n) is 13.6. The summed E-state index contributed by atoms with van der Waals surface area (Å²) >= 11 is 0. The molecule has 2 rings (SSSR count). The molecule has 0 unspecified atom stereocenters. The number of amides is 2. The molecule has 0 aliphatic rings. The third-order valence-corrected chi connectivity index (χ3v) is 3.11. The summed E-state index contributed by atoms with van der Waals surface area (Å²) in [6, 6.07) is 12.2. The van der Waals surface area contributed by atoms with Gasteiger partial charge in [-0.1, -0.05) is 0 Å². The number of rotatable bonds is 5. The van der Waals surface area contributed by atoms with Crippen LogP contribution in [0.4, 0.5) is 10.5 Å². The van der Waals surface area contributed by atoms with Crippen LogP contribution in [0.5, 0.6) is 23.0 Å². The Balaban J connectivity index is 2.10. The second kappa shape index (κ2) is 7.40. The maximum Gasteiger partial charge on any atom is 0.321 e. The van der Waals surface area contributed by atoms with Crippen molar-refractivity contribution in [3.8, 4) is 23.0 Å². The van der Waals surface area contributed by atoms with Gasteiger partial charge in [0.05, 0.1) is 14.2 Å². The van der Waals surface area contributed by atoms with Crippen molar-refractivity contribution in [3.05, 3.63) is 42.5 Å². The van der Waals surface area contributed by atoms with Crippen molar-refractivity contribution in [2.24, 2.45) is 0 Å².